The van der Waals surface area contributed by atoms with Crippen molar-refractivity contribution in [2.75, 3.05) is 13.2 Å². The first-order chi connectivity index (χ1) is 12.1. The van der Waals surface area contributed by atoms with E-state index >= 15 is 0 Å². The number of carbonyl (C=O) groups excluding carboxylic acids is 2. The molecule has 0 radical (unpaired) electrons. The average molecular weight is 378 g/mol. The summed E-state index contributed by atoms with van der Waals surface area (Å²) in [7, 11) is 0. The van der Waals surface area contributed by atoms with E-state index in [-0.39, 0.29) is 13.2 Å². The van der Waals surface area contributed by atoms with Crippen LogP contribution < -0.4 is 0 Å². The van der Waals surface area contributed by atoms with Gasteiger partial charge < -0.3 is 9.47 Å². The minimum atomic E-state index is -0.840. The molecule has 8 nitrogen and oxygen atoms in total. The largest absolute Gasteiger partial charge is 0.540 e. The van der Waals surface area contributed by atoms with Crippen LogP contribution in [0.5, 0.6) is 0 Å². The summed E-state index contributed by atoms with van der Waals surface area (Å²) in [6.07, 6.45) is 2.75. The summed E-state index contributed by atoms with van der Waals surface area (Å²) in [5.41, 5.74) is -1.06. The minimum Gasteiger partial charge on any atom is -0.432 e. The molecule has 0 bridgehead atoms. The average Bonchev–Trinajstić information content (AvgIpc) is 2.60. The van der Waals surface area contributed by atoms with E-state index in [0.29, 0.717) is 25.7 Å². The fraction of sp³-hybridized carbons (Fsp3) is 0.889. The summed E-state index contributed by atoms with van der Waals surface area (Å²) >= 11 is 0. The van der Waals surface area contributed by atoms with Gasteiger partial charge in [0.05, 0.1) is 13.2 Å². The number of hydrogen-bond acceptors (Lipinski definition) is 8. The molecule has 0 atom stereocenters. The van der Waals surface area contributed by atoms with Crippen molar-refractivity contribution in [3.05, 3.63) is 0 Å². The van der Waals surface area contributed by atoms with E-state index in [2.05, 4.69) is 9.78 Å². The molecule has 0 amide bonds. The van der Waals surface area contributed by atoms with E-state index in [9.17, 15) is 9.59 Å². The van der Waals surface area contributed by atoms with Gasteiger partial charge in [0.25, 0.3) is 0 Å². The van der Waals surface area contributed by atoms with E-state index in [1.165, 1.54) is 0 Å². The summed E-state index contributed by atoms with van der Waals surface area (Å²) in [4.78, 5) is 41.7. The lowest BCUT2D eigenvalue weighted by Gasteiger charge is -2.20. The van der Waals surface area contributed by atoms with Gasteiger partial charge in [0, 0.05) is 0 Å². The molecule has 0 fully saturated rings. The summed E-state index contributed by atoms with van der Waals surface area (Å²) in [5.74, 6) is 0. The van der Waals surface area contributed by atoms with Gasteiger partial charge in [-0.1, -0.05) is 13.8 Å². The summed E-state index contributed by atoms with van der Waals surface area (Å²) < 4.78 is 9.79. The van der Waals surface area contributed by atoms with Crippen molar-refractivity contribution in [3.8, 4) is 0 Å². The van der Waals surface area contributed by atoms with Gasteiger partial charge in [-0.15, -0.1) is 0 Å². The van der Waals surface area contributed by atoms with Crippen LogP contribution >= 0.6 is 0 Å². The van der Waals surface area contributed by atoms with Gasteiger partial charge in [0.2, 0.25) is 0 Å². The molecule has 0 aromatic rings. The van der Waals surface area contributed by atoms with E-state index < -0.39 is 23.5 Å². The number of hydrogen-bond donors (Lipinski definition) is 0. The quantitative estimate of drug-likeness (QED) is 0.189. The van der Waals surface area contributed by atoms with E-state index in [0.717, 1.165) is 12.8 Å². The Morgan fingerprint density at radius 2 is 1.00 bits per heavy atom. The zero-order valence-corrected chi connectivity index (χ0v) is 16.9. The molecule has 0 aliphatic heterocycles. The molecule has 0 saturated carbocycles. The van der Waals surface area contributed by atoms with Gasteiger partial charge in [0.15, 0.2) is 0 Å². The SMILES string of the molecule is CCC(C)(C)OOC(=O)OCCCCCCOC(=O)OOC(C)(C)CC. The molecule has 0 aromatic heterocycles. The molecule has 0 aromatic carbocycles. The van der Waals surface area contributed by atoms with Gasteiger partial charge in [-0.25, -0.2) is 9.59 Å². The van der Waals surface area contributed by atoms with Crippen molar-refractivity contribution < 1.29 is 38.6 Å². The van der Waals surface area contributed by atoms with Gasteiger partial charge in [-0.2, -0.15) is 9.78 Å². The standard InChI is InChI=1S/C18H34O8/c1-7-17(3,4)25-23-15(19)21-13-11-9-10-12-14-22-16(20)24-26-18(5,6)8-2/h7-14H2,1-6H3. The highest BCUT2D eigenvalue weighted by atomic mass is 17.2. The number of ether oxygens (including phenoxy) is 2. The van der Waals surface area contributed by atoms with Crippen LogP contribution in [0.15, 0.2) is 0 Å². The monoisotopic (exact) mass is 378 g/mol. The third kappa shape index (κ3) is 13.7. The maximum atomic E-state index is 11.3. The number of unbranched alkanes of at least 4 members (excludes halogenated alkanes) is 3. The second-order valence-electron chi connectivity index (χ2n) is 7.17. The molecule has 26 heavy (non-hydrogen) atoms. The Hall–Kier alpha value is -1.54. The van der Waals surface area contributed by atoms with Crippen LogP contribution in [0.1, 0.15) is 80.1 Å². The summed E-state index contributed by atoms with van der Waals surface area (Å²) in [6.45, 7) is 11.6. The molecule has 0 saturated heterocycles. The van der Waals surface area contributed by atoms with Crippen molar-refractivity contribution in [3.63, 3.8) is 0 Å². The van der Waals surface area contributed by atoms with Crippen LogP contribution in [0.2, 0.25) is 0 Å². The van der Waals surface area contributed by atoms with E-state index in [1.54, 1.807) is 0 Å². The van der Waals surface area contributed by atoms with E-state index in [4.69, 9.17) is 19.2 Å². The lowest BCUT2D eigenvalue weighted by atomic mass is 10.1. The Morgan fingerprint density at radius 3 is 1.31 bits per heavy atom. The molecule has 154 valence electrons. The number of carbonyl (C=O) groups is 2. The zero-order chi connectivity index (χ0) is 20.1. The van der Waals surface area contributed by atoms with Crippen LogP contribution in [0.3, 0.4) is 0 Å². The maximum absolute atomic E-state index is 11.3. The van der Waals surface area contributed by atoms with Crippen LogP contribution in [0.4, 0.5) is 9.59 Å². The minimum absolute atomic E-state index is 0.248. The third-order valence-corrected chi connectivity index (χ3v) is 3.85. The lowest BCUT2D eigenvalue weighted by molar-refractivity contribution is -0.317. The van der Waals surface area contributed by atoms with Gasteiger partial charge in [0.1, 0.15) is 11.2 Å². The van der Waals surface area contributed by atoms with Crippen LogP contribution in [-0.4, -0.2) is 36.7 Å². The first-order valence-corrected chi connectivity index (χ1v) is 9.16. The smallest absolute Gasteiger partial charge is 0.432 e. The van der Waals surface area contributed by atoms with Crippen LogP contribution in [0.25, 0.3) is 0 Å². The molecule has 0 N–H and O–H groups in total. The highest BCUT2D eigenvalue weighted by molar-refractivity contribution is 5.59. The Kier molecular flexibility index (Phi) is 12.0. The van der Waals surface area contributed by atoms with Gasteiger partial charge >= 0.3 is 12.3 Å². The molecule has 0 spiro atoms. The first kappa shape index (κ1) is 24.5. The molecule has 8 heteroatoms. The molecule has 0 rings (SSSR count). The second-order valence-corrected chi connectivity index (χ2v) is 7.17. The predicted octanol–water partition coefficient (Wildman–Crippen LogP) is 5.09. The fourth-order valence-electron chi connectivity index (χ4n) is 1.33. The van der Waals surface area contributed by atoms with Gasteiger partial charge in [-0.05, 0) is 66.2 Å². The van der Waals surface area contributed by atoms with Crippen LogP contribution in [-0.2, 0) is 29.0 Å². The Labute approximate surface area is 156 Å². The normalized spacial score (nSPS) is 11.8. The molecule has 0 unspecified atom stereocenters. The topological polar surface area (TPSA) is 89.5 Å². The van der Waals surface area contributed by atoms with Crippen molar-refractivity contribution in [1.82, 2.24) is 0 Å². The molecule has 0 aliphatic carbocycles. The predicted molar refractivity (Wildman–Crippen MR) is 94.2 cm³/mol. The summed E-state index contributed by atoms with van der Waals surface area (Å²) in [6, 6.07) is 0. The molecule has 0 aliphatic rings. The highest BCUT2D eigenvalue weighted by Gasteiger charge is 2.21. The van der Waals surface area contributed by atoms with Crippen molar-refractivity contribution >= 4 is 12.3 Å². The highest BCUT2D eigenvalue weighted by Crippen LogP contribution is 2.15. The Balaban J connectivity index is 3.51. The first-order valence-electron chi connectivity index (χ1n) is 9.16. The van der Waals surface area contributed by atoms with Crippen LogP contribution in [0, 0.1) is 0 Å². The molecular weight excluding hydrogens is 344 g/mol. The Morgan fingerprint density at radius 1 is 0.654 bits per heavy atom. The van der Waals surface area contributed by atoms with Gasteiger partial charge in [-0.3, -0.25) is 9.78 Å². The van der Waals surface area contributed by atoms with E-state index in [1.807, 2.05) is 41.5 Å². The second kappa shape index (κ2) is 12.8. The molecule has 0 heterocycles. The third-order valence-electron chi connectivity index (χ3n) is 3.85. The van der Waals surface area contributed by atoms with Crippen molar-refractivity contribution in [2.24, 2.45) is 0 Å². The number of rotatable bonds is 13. The molecular formula is C18H34O8. The fourth-order valence-corrected chi connectivity index (χ4v) is 1.33. The lowest BCUT2D eigenvalue weighted by Crippen LogP contribution is -2.25. The van der Waals surface area contributed by atoms with Crippen molar-refractivity contribution in [1.29, 1.82) is 0 Å². The maximum Gasteiger partial charge on any atom is 0.540 e. The zero-order valence-electron chi connectivity index (χ0n) is 16.9. The van der Waals surface area contributed by atoms with Crippen molar-refractivity contribution in [2.45, 2.75) is 91.3 Å². The summed E-state index contributed by atoms with van der Waals surface area (Å²) in [5, 5.41) is 0. The Bertz CT molecular complexity index is 368.